The molecule has 108 valence electrons. The summed E-state index contributed by atoms with van der Waals surface area (Å²) >= 11 is 0. The van der Waals surface area contributed by atoms with E-state index in [2.05, 4.69) is 55.4 Å². The standard InChI is InChI=1S/C15H30O3/c1-13(2,3)10-17-9-12(16)18-11-15(7,8)14(4,5)6/h9-11H2,1-8H3. The molecule has 0 aromatic rings. The Morgan fingerprint density at radius 3 is 1.78 bits per heavy atom. The minimum atomic E-state index is -0.281. The number of carbonyl (C=O) groups excluding carboxylic acids is 1. The number of rotatable bonds is 5. The summed E-state index contributed by atoms with van der Waals surface area (Å²) in [6.45, 7) is 17.9. The van der Waals surface area contributed by atoms with Crippen LogP contribution in [-0.2, 0) is 14.3 Å². The predicted molar refractivity (Wildman–Crippen MR) is 74.5 cm³/mol. The summed E-state index contributed by atoms with van der Waals surface area (Å²) in [6, 6.07) is 0. The van der Waals surface area contributed by atoms with Crippen molar-refractivity contribution < 1.29 is 14.3 Å². The highest BCUT2D eigenvalue weighted by molar-refractivity contribution is 5.70. The normalized spacial score (nSPS) is 13.6. The van der Waals surface area contributed by atoms with Crippen LogP contribution < -0.4 is 0 Å². The first-order valence-corrected chi connectivity index (χ1v) is 6.58. The van der Waals surface area contributed by atoms with Crippen molar-refractivity contribution in [2.45, 2.75) is 55.4 Å². The van der Waals surface area contributed by atoms with Gasteiger partial charge in [0.2, 0.25) is 0 Å². The molecule has 0 rings (SSSR count). The number of ether oxygens (including phenoxy) is 2. The summed E-state index contributed by atoms with van der Waals surface area (Å²) in [6.07, 6.45) is 0. The molecular weight excluding hydrogens is 228 g/mol. The average Bonchev–Trinajstić information content (AvgIpc) is 2.11. The number of hydrogen-bond acceptors (Lipinski definition) is 3. The van der Waals surface area contributed by atoms with Crippen molar-refractivity contribution in [1.29, 1.82) is 0 Å². The van der Waals surface area contributed by atoms with Crippen molar-refractivity contribution in [3.8, 4) is 0 Å². The van der Waals surface area contributed by atoms with E-state index in [-0.39, 0.29) is 28.8 Å². The van der Waals surface area contributed by atoms with Gasteiger partial charge in [0, 0.05) is 5.41 Å². The second kappa shape index (κ2) is 6.05. The molecule has 0 N–H and O–H groups in total. The molecular formula is C15H30O3. The van der Waals surface area contributed by atoms with Crippen LogP contribution in [0.3, 0.4) is 0 Å². The molecule has 0 aliphatic rings. The molecule has 0 amide bonds. The first-order chi connectivity index (χ1) is 7.85. The van der Waals surface area contributed by atoms with Crippen LogP contribution in [0.1, 0.15) is 55.4 Å². The Morgan fingerprint density at radius 2 is 1.39 bits per heavy atom. The third-order valence-corrected chi connectivity index (χ3v) is 3.38. The van der Waals surface area contributed by atoms with Crippen LogP contribution in [0.5, 0.6) is 0 Å². The van der Waals surface area contributed by atoms with Gasteiger partial charge in [-0.05, 0) is 10.8 Å². The van der Waals surface area contributed by atoms with Crippen LogP contribution in [0.2, 0.25) is 0 Å². The quantitative estimate of drug-likeness (QED) is 0.706. The molecule has 0 spiro atoms. The van der Waals surface area contributed by atoms with E-state index in [0.717, 1.165) is 0 Å². The summed E-state index contributed by atoms with van der Waals surface area (Å²) in [5.41, 5.74) is 0.122. The smallest absolute Gasteiger partial charge is 0.332 e. The molecule has 0 fully saturated rings. The molecule has 18 heavy (non-hydrogen) atoms. The Hall–Kier alpha value is -0.570. The van der Waals surface area contributed by atoms with Gasteiger partial charge in [0.1, 0.15) is 6.61 Å². The molecule has 0 bridgehead atoms. The lowest BCUT2D eigenvalue weighted by atomic mass is 9.70. The van der Waals surface area contributed by atoms with Crippen molar-refractivity contribution in [3.05, 3.63) is 0 Å². The first-order valence-electron chi connectivity index (χ1n) is 6.58. The Morgan fingerprint density at radius 1 is 0.889 bits per heavy atom. The summed E-state index contributed by atoms with van der Waals surface area (Å²) in [4.78, 5) is 11.6. The lowest BCUT2D eigenvalue weighted by Crippen LogP contribution is -2.35. The highest BCUT2D eigenvalue weighted by Gasteiger charge is 2.34. The summed E-state index contributed by atoms with van der Waals surface area (Å²) in [7, 11) is 0. The predicted octanol–water partition coefficient (Wildman–Crippen LogP) is 3.66. The number of hydrogen-bond donors (Lipinski definition) is 0. The molecule has 0 heterocycles. The SMILES string of the molecule is CC(C)(C)COCC(=O)OCC(C)(C)C(C)(C)C. The zero-order valence-corrected chi connectivity index (χ0v) is 13.3. The van der Waals surface area contributed by atoms with Gasteiger partial charge in [-0.2, -0.15) is 0 Å². The third kappa shape index (κ3) is 7.00. The van der Waals surface area contributed by atoms with Crippen molar-refractivity contribution in [1.82, 2.24) is 0 Å². The maximum atomic E-state index is 11.6. The van der Waals surface area contributed by atoms with Crippen LogP contribution in [0.25, 0.3) is 0 Å². The lowest BCUT2D eigenvalue weighted by Gasteiger charge is -2.38. The van der Waals surface area contributed by atoms with E-state index in [0.29, 0.717) is 13.2 Å². The molecule has 0 atom stereocenters. The summed E-state index contributed by atoms with van der Waals surface area (Å²) < 4.78 is 10.6. The van der Waals surface area contributed by atoms with Gasteiger partial charge in [0.25, 0.3) is 0 Å². The van der Waals surface area contributed by atoms with Gasteiger partial charge in [-0.25, -0.2) is 4.79 Å². The van der Waals surface area contributed by atoms with Gasteiger partial charge in [-0.3, -0.25) is 0 Å². The molecule has 3 nitrogen and oxygen atoms in total. The van der Waals surface area contributed by atoms with E-state index in [9.17, 15) is 4.79 Å². The van der Waals surface area contributed by atoms with Crippen LogP contribution in [0, 0.1) is 16.2 Å². The van der Waals surface area contributed by atoms with E-state index < -0.39 is 0 Å². The molecule has 0 saturated heterocycles. The third-order valence-electron chi connectivity index (χ3n) is 3.38. The fourth-order valence-electron chi connectivity index (χ4n) is 0.960. The zero-order chi connectivity index (χ0) is 14.6. The van der Waals surface area contributed by atoms with Crippen molar-refractivity contribution in [2.24, 2.45) is 16.2 Å². The van der Waals surface area contributed by atoms with E-state index in [1.807, 2.05) is 0 Å². The zero-order valence-electron chi connectivity index (χ0n) is 13.3. The van der Waals surface area contributed by atoms with Crippen molar-refractivity contribution >= 4 is 5.97 Å². The largest absolute Gasteiger partial charge is 0.463 e. The average molecular weight is 258 g/mol. The first kappa shape index (κ1) is 17.4. The van der Waals surface area contributed by atoms with Crippen LogP contribution >= 0.6 is 0 Å². The molecule has 0 aromatic carbocycles. The maximum Gasteiger partial charge on any atom is 0.332 e. The Kier molecular flexibility index (Phi) is 5.86. The van der Waals surface area contributed by atoms with Gasteiger partial charge in [0.05, 0.1) is 13.2 Å². The highest BCUT2D eigenvalue weighted by atomic mass is 16.6. The van der Waals surface area contributed by atoms with E-state index in [1.165, 1.54) is 0 Å². The fourth-order valence-corrected chi connectivity index (χ4v) is 0.960. The van der Waals surface area contributed by atoms with Crippen molar-refractivity contribution in [3.63, 3.8) is 0 Å². The van der Waals surface area contributed by atoms with Gasteiger partial charge in [-0.15, -0.1) is 0 Å². The minimum Gasteiger partial charge on any atom is -0.463 e. The summed E-state index contributed by atoms with van der Waals surface area (Å²) in [5.74, 6) is -0.281. The van der Waals surface area contributed by atoms with Gasteiger partial charge in [-0.1, -0.05) is 55.4 Å². The minimum absolute atomic E-state index is 0.0392. The molecule has 0 aromatic heterocycles. The molecule has 3 heteroatoms. The van der Waals surface area contributed by atoms with Gasteiger partial charge >= 0.3 is 5.97 Å². The Labute approximate surface area is 112 Å². The second-order valence-electron chi connectivity index (χ2n) is 7.85. The second-order valence-corrected chi connectivity index (χ2v) is 7.85. The maximum absolute atomic E-state index is 11.6. The number of carbonyl (C=O) groups is 1. The fraction of sp³-hybridized carbons (Fsp3) is 0.933. The molecule has 0 unspecified atom stereocenters. The lowest BCUT2D eigenvalue weighted by molar-refractivity contribution is -0.155. The van der Waals surface area contributed by atoms with Crippen LogP contribution in [0.4, 0.5) is 0 Å². The monoisotopic (exact) mass is 258 g/mol. The molecule has 0 aliphatic carbocycles. The van der Waals surface area contributed by atoms with Gasteiger partial charge < -0.3 is 9.47 Å². The Bertz CT molecular complexity index is 266. The van der Waals surface area contributed by atoms with E-state index in [4.69, 9.17) is 9.47 Å². The number of esters is 1. The van der Waals surface area contributed by atoms with Gasteiger partial charge in [0.15, 0.2) is 0 Å². The molecule has 0 saturated carbocycles. The molecule has 0 aliphatic heterocycles. The van der Waals surface area contributed by atoms with Crippen LogP contribution in [0.15, 0.2) is 0 Å². The van der Waals surface area contributed by atoms with E-state index >= 15 is 0 Å². The van der Waals surface area contributed by atoms with E-state index in [1.54, 1.807) is 0 Å². The summed E-state index contributed by atoms with van der Waals surface area (Å²) in [5, 5.41) is 0. The Balaban J connectivity index is 3.99. The topological polar surface area (TPSA) is 35.5 Å². The van der Waals surface area contributed by atoms with Crippen LogP contribution in [-0.4, -0.2) is 25.8 Å². The van der Waals surface area contributed by atoms with Crippen molar-refractivity contribution in [2.75, 3.05) is 19.8 Å². The highest BCUT2D eigenvalue weighted by Crippen LogP contribution is 2.37. The molecule has 0 radical (unpaired) electrons.